The normalized spacial score (nSPS) is 11.2. The molecule has 0 unspecified atom stereocenters. The van der Waals surface area contributed by atoms with E-state index in [1.165, 1.54) is 0 Å². The summed E-state index contributed by atoms with van der Waals surface area (Å²) >= 11 is 3.26. The molecule has 7 heteroatoms. The molecule has 0 atom stereocenters. The van der Waals surface area contributed by atoms with Crippen molar-refractivity contribution in [3.63, 3.8) is 0 Å². The van der Waals surface area contributed by atoms with Crippen molar-refractivity contribution < 1.29 is 9.68 Å². The second-order valence-electron chi connectivity index (χ2n) is 7.25. The summed E-state index contributed by atoms with van der Waals surface area (Å²) in [6, 6.07) is 31.7. The van der Waals surface area contributed by atoms with Crippen molar-refractivity contribution in [2.24, 2.45) is 0 Å². The topological polar surface area (TPSA) is 56.3 Å². The van der Waals surface area contributed by atoms with Gasteiger partial charge in [-0.15, -0.1) is 22.7 Å². The van der Waals surface area contributed by atoms with E-state index in [0.717, 1.165) is 41.6 Å². The van der Waals surface area contributed by atoms with Crippen LogP contribution in [0.2, 0.25) is 0 Å². The lowest BCUT2D eigenvalue weighted by Crippen LogP contribution is -2.23. The quantitative estimate of drug-likeness (QED) is 0.264. The lowest BCUT2D eigenvalue weighted by atomic mass is 10.2. The van der Waals surface area contributed by atoms with Crippen LogP contribution in [0.15, 0.2) is 97.1 Å². The van der Waals surface area contributed by atoms with Crippen molar-refractivity contribution in [1.82, 2.24) is 15.6 Å². The van der Waals surface area contributed by atoms with E-state index in [9.17, 15) is 0 Å². The van der Waals surface area contributed by atoms with E-state index in [1.54, 1.807) is 22.7 Å². The maximum atomic E-state index is 5.82. The molecule has 6 rings (SSSR count). The molecule has 0 spiro atoms. The third-order valence-electron chi connectivity index (χ3n) is 5.13. The number of nitrogens with one attached hydrogen (secondary N) is 1. The third kappa shape index (κ3) is 3.93. The summed E-state index contributed by atoms with van der Waals surface area (Å²) < 4.78 is 2.27. The third-order valence-corrected chi connectivity index (χ3v) is 7.27. The van der Waals surface area contributed by atoms with Gasteiger partial charge < -0.3 is 9.68 Å². The molecule has 33 heavy (non-hydrogen) atoms. The number of thiazole rings is 2. The fraction of sp³-hybridized carbons (Fsp3) is 0. The predicted octanol–water partition coefficient (Wildman–Crippen LogP) is 7.12. The highest BCUT2D eigenvalue weighted by atomic mass is 32.1. The molecule has 2 heterocycles. The van der Waals surface area contributed by atoms with Gasteiger partial charge in [0.15, 0.2) is 11.5 Å². The molecule has 0 aliphatic rings. The van der Waals surface area contributed by atoms with Crippen LogP contribution in [0.5, 0.6) is 11.5 Å². The summed E-state index contributed by atoms with van der Waals surface area (Å²) in [5.41, 5.74) is 6.40. The van der Waals surface area contributed by atoms with Gasteiger partial charge in [0.2, 0.25) is 0 Å². The molecule has 0 saturated heterocycles. The Kier molecular flexibility index (Phi) is 5.20. The van der Waals surface area contributed by atoms with E-state index in [0.29, 0.717) is 11.5 Å². The molecule has 5 nitrogen and oxygen atoms in total. The number of fused-ring (bicyclic) bond motifs is 2. The SMILES string of the molecule is c1ccc(-c2nc3ccccc3s2)c(ONOc2ccccc2-c2nc3ccccc3s2)c1. The van der Waals surface area contributed by atoms with Gasteiger partial charge in [-0.3, -0.25) is 0 Å². The highest BCUT2D eigenvalue weighted by Crippen LogP contribution is 2.37. The summed E-state index contributed by atoms with van der Waals surface area (Å²) in [5, 5.41) is 1.78. The zero-order valence-corrected chi connectivity index (χ0v) is 18.9. The van der Waals surface area contributed by atoms with Gasteiger partial charge >= 0.3 is 0 Å². The maximum Gasteiger partial charge on any atom is 0.161 e. The van der Waals surface area contributed by atoms with Crippen LogP contribution in [0.3, 0.4) is 0 Å². The molecule has 4 aromatic carbocycles. The van der Waals surface area contributed by atoms with E-state index in [4.69, 9.17) is 19.6 Å². The van der Waals surface area contributed by atoms with Crippen molar-refractivity contribution in [2.45, 2.75) is 0 Å². The number of nitrogens with zero attached hydrogens (tertiary/aromatic N) is 2. The van der Waals surface area contributed by atoms with E-state index >= 15 is 0 Å². The molecule has 0 radical (unpaired) electrons. The van der Waals surface area contributed by atoms with E-state index in [1.807, 2.05) is 84.9 Å². The largest absolute Gasteiger partial charge is 0.373 e. The molecular formula is C26H17N3O2S2. The Balaban J connectivity index is 1.24. The Bertz CT molecular complexity index is 1390. The Morgan fingerprint density at radius 2 is 0.939 bits per heavy atom. The molecule has 160 valence electrons. The van der Waals surface area contributed by atoms with E-state index in [-0.39, 0.29) is 0 Å². The number of aromatic nitrogens is 2. The standard InChI is InChI=1S/C26H17N3O2S2/c1-5-13-21(17(9-1)25-27-19-11-3-7-15-23(19)32-25)30-29-31-22-14-6-2-10-18(22)26-28-20-12-4-8-16-24(20)33-26/h1-16,29H. The van der Waals surface area contributed by atoms with Gasteiger partial charge in [-0.25, -0.2) is 9.97 Å². The molecule has 0 bridgehead atoms. The summed E-state index contributed by atoms with van der Waals surface area (Å²) in [6.45, 7) is 0. The molecule has 0 saturated carbocycles. The first-order valence-corrected chi connectivity index (χ1v) is 12.0. The Morgan fingerprint density at radius 3 is 1.42 bits per heavy atom. The van der Waals surface area contributed by atoms with Crippen molar-refractivity contribution in [3.05, 3.63) is 97.1 Å². The molecular weight excluding hydrogens is 450 g/mol. The van der Waals surface area contributed by atoms with Gasteiger partial charge in [-0.05, 0) is 48.5 Å². The van der Waals surface area contributed by atoms with Gasteiger partial charge in [-0.2, -0.15) is 0 Å². The molecule has 0 amide bonds. The maximum absolute atomic E-state index is 5.82. The Morgan fingerprint density at radius 1 is 0.515 bits per heavy atom. The number of para-hydroxylation sites is 4. The molecule has 0 fully saturated rings. The van der Waals surface area contributed by atoms with Gasteiger partial charge in [0.1, 0.15) is 10.0 Å². The number of hydrogen-bond donors (Lipinski definition) is 1. The Hall–Kier alpha value is -3.78. The van der Waals surface area contributed by atoms with Crippen LogP contribution in [0, 0.1) is 0 Å². The van der Waals surface area contributed by atoms with Gasteiger partial charge in [0.05, 0.1) is 31.6 Å². The molecule has 1 N–H and O–H groups in total. The van der Waals surface area contributed by atoms with Crippen molar-refractivity contribution >= 4 is 43.1 Å². The van der Waals surface area contributed by atoms with Crippen molar-refractivity contribution in [1.29, 1.82) is 0 Å². The zero-order chi connectivity index (χ0) is 22.0. The highest BCUT2D eigenvalue weighted by Gasteiger charge is 2.14. The fourth-order valence-corrected chi connectivity index (χ4v) is 5.54. The lowest BCUT2D eigenvalue weighted by Gasteiger charge is -2.12. The van der Waals surface area contributed by atoms with Crippen LogP contribution in [0.1, 0.15) is 0 Å². The minimum Gasteiger partial charge on any atom is -0.373 e. The first-order valence-electron chi connectivity index (χ1n) is 10.3. The van der Waals surface area contributed by atoms with Crippen LogP contribution in [-0.4, -0.2) is 9.97 Å². The summed E-state index contributed by atoms with van der Waals surface area (Å²) in [4.78, 5) is 21.1. The zero-order valence-electron chi connectivity index (χ0n) is 17.3. The average Bonchev–Trinajstić information content (AvgIpc) is 3.49. The van der Waals surface area contributed by atoms with Crippen LogP contribution in [-0.2, 0) is 0 Å². The second-order valence-corrected chi connectivity index (χ2v) is 9.31. The molecule has 0 aliphatic heterocycles. The van der Waals surface area contributed by atoms with Crippen molar-refractivity contribution in [2.75, 3.05) is 0 Å². The Labute approximate surface area is 197 Å². The summed E-state index contributed by atoms with van der Waals surface area (Å²) in [6.07, 6.45) is 0. The smallest absolute Gasteiger partial charge is 0.161 e. The van der Waals surface area contributed by atoms with Crippen LogP contribution >= 0.6 is 22.7 Å². The minimum absolute atomic E-state index is 0.633. The monoisotopic (exact) mass is 467 g/mol. The van der Waals surface area contributed by atoms with Gasteiger partial charge in [-0.1, -0.05) is 48.5 Å². The number of rotatable bonds is 6. The molecule has 0 aliphatic carbocycles. The van der Waals surface area contributed by atoms with E-state index < -0.39 is 0 Å². The molecule has 2 aromatic heterocycles. The first-order chi connectivity index (χ1) is 16.3. The fourth-order valence-electron chi connectivity index (χ4n) is 3.55. The van der Waals surface area contributed by atoms with Crippen molar-refractivity contribution in [3.8, 4) is 32.6 Å². The first kappa shape index (κ1) is 19.9. The summed E-state index contributed by atoms with van der Waals surface area (Å²) in [5.74, 6) is 1.27. The summed E-state index contributed by atoms with van der Waals surface area (Å²) in [7, 11) is 0. The van der Waals surface area contributed by atoms with Crippen LogP contribution in [0.4, 0.5) is 0 Å². The molecule has 6 aromatic rings. The second kappa shape index (κ2) is 8.63. The lowest BCUT2D eigenvalue weighted by molar-refractivity contribution is -0.0182. The highest BCUT2D eigenvalue weighted by molar-refractivity contribution is 7.22. The number of benzene rings is 4. The predicted molar refractivity (Wildman–Crippen MR) is 135 cm³/mol. The van der Waals surface area contributed by atoms with Crippen LogP contribution < -0.4 is 15.3 Å². The number of hydrogen-bond acceptors (Lipinski definition) is 7. The van der Waals surface area contributed by atoms with E-state index in [2.05, 4.69) is 17.8 Å². The van der Waals surface area contributed by atoms with Gasteiger partial charge in [0, 0.05) is 5.64 Å². The van der Waals surface area contributed by atoms with Gasteiger partial charge in [0.25, 0.3) is 0 Å². The average molecular weight is 468 g/mol. The minimum atomic E-state index is 0.633. The van der Waals surface area contributed by atoms with Crippen LogP contribution in [0.25, 0.3) is 41.6 Å².